The Morgan fingerprint density at radius 1 is 1.50 bits per heavy atom. The third-order valence-corrected chi connectivity index (χ3v) is 2.68. The number of morpholine rings is 1. The highest BCUT2D eigenvalue weighted by Crippen LogP contribution is 2.09. The summed E-state index contributed by atoms with van der Waals surface area (Å²) in [6.07, 6.45) is 3.26. The minimum absolute atomic E-state index is 0.183. The zero-order valence-corrected chi connectivity index (χ0v) is 10.7. The number of nitrogens with one attached hydrogen (secondary N) is 1. The van der Waals surface area contributed by atoms with Gasteiger partial charge in [-0.1, -0.05) is 0 Å². The fraction of sp³-hybridized carbons (Fsp3) is 0.917. The monoisotopic (exact) mass is 228 g/mol. The lowest BCUT2D eigenvalue weighted by atomic mass is 10.1. The average molecular weight is 228 g/mol. The second-order valence-corrected chi connectivity index (χ2v) is 5.41. The van der Waals surface area contributed by atoms with Crippen molar-refractivity contribution in [1.29, 1.82) is 0 Å². The molecule has 1 heterocycles. The molecule has 0 bridgehead atoms. The number of nitrogens with zero attached hydrogens (tertiary/aromatic N) is 1. The summed E-state index contributed by atoms with van der Waals surface area (Å²) in [5.74, 6) is 0. The van der Waals surface area contributed by atoms with E-state index in [0.29, 0.717) is 6.61 Å². The van der Waals surface area contributed by atoms with Crippen molar-refractivity contribution in [3.63, 3.8) is 0 Å². The Kier molecular flexibility index (Phi) is 5.22. The second kappa shape index (κ2) is 6.21. The molecule has 0 aromatic rings. The van der Waals surface area contributed by atoms with Gasteiger partial charge in [-0.2, -0.15) is 0 Å². The molecule has 0 radical (unpaired) electrons. The van der Waals surface area contributed by atoms with Crippen LogP contribution in [0.3, 0.4) is 0 Å². The maximum Gasteiger partial charge on any atom is 0.209 e. The first-order valence-corrected chi connectivity index (χ1v) is 6.07. The number of carbonyl (C=O) groups excluding carboxylic acids is 1. The molecule has 4 nitrogen and oxygen atoms in total. The van der Waals surface area contributed by atoms with Gasteiger partial charge in [0.15, 0.2) is 0 Å². The van der Waals surface area contributed by atoms with Crippen LogP contribution in [0.2, 0.25) is 0 Å². The summed E-state index contributed by atoms with van der Waals surface area (Å²) in [7, 11) is 0. The van der Waals surface area contributed by atoms with Crippen LogP contribution in [0.5, 0.6) is 0 Å². The summed E-state index contributed by atoms with van der Waals surface area (Å²) >= 11 is 0. The molecule has 94 valence electrons. The van der Waals surface area contributed by atoms with E-state index >= 15 is 0 Å². The summed E-state index contributed by atoms with van der Waals surface area (Å²) in [5, 5.41) is 3.45. The Morgan fingerprint density at radius 3 is 2.88 bits per heavy atom. The zero-order chi connectivity index (χ0) is 12.0. The lowest BCUT2D eigenvalue weighted by Crippen LogP contribution is -2.42. The van der Waals surface area contributed by atoms with Gasteiger partial charge in [-0.05, 0) is 40.2 Å². The van der Waals surface area contributed by atoms with E-state index in [-0.39, 0.29) is 11.6 Å². The van der Waals surface area contributed by atoms with Crippen molar-refractivity contribution in [2.45, 2.75) is 45.3 Å². The fourth-order valence-electron chi connectivity index (χ4n) is 1.81. The molecular weight excluding hydrogens is 204 g/mol. The van der Waals surface area contributed by atoms with Crippen molar-refractivity contribution in [2.24, 2.45) is 0 Å². The number of amides is 1. The molecule has 0 unspecified atom stereocenters. The molecule has 1 amide bonds. The highest BCUT2D eigenvalue weighted by atomic mass is 16.5. The van der Waals surface area contributed by atoms with Crippen molar-refractivity contribution in [3.05, 3.63) is 0 Å². The molecule has 1 N–H and O–H groups in total. The Bertz CT molecular complexity index is 214. The van der Waals surface area contributed by atoms with Gasteiger partial charge >= 0.3 is 0 Å². The number of ether oxygens (including phenoxy) is 1. The van der Waals surface area contributed by atoms with E-state index in [9.17, 15) is 4.79 Å². The fourth-order valence-corrected chi connectivity index (χ4v) is 1.81. The van der Waals surface area contributed by atoms with Gasteiger partial charge < -0.3 is 15.0 Å². The quantitative estimate of drug-likeness (QED) is 0.564. The molecule has 0 spiro atoms. The van der Waals surface area contributed by atoms with Crippen molar-refractivity contribution >= 4 is 6.41 Å². The highest BCUT2D eigenvalue weighted by molar-refractivity contribution is 5.47. The normalized spacial score (nSPS) is 22.2. The molecule has 1 rings (SSSR count). The van der Waals surface area contributed by atoms with E-state index in [1.807, 2.05) is 0 Å². The summed E-state index contributed by atoms with van der Waals surface area (Å²) < 4.78 is 5.61. The summed E-state index contributed by atoms with van der Waals surface area (Å²) in [6.45, 7) is 9.66. The summed E-state index contributed by atoms with van der Waals surface area (Å²) in [6, 6.07) is 0. The Morgan fingerprint density at radius 2 is 2.25 bits per heavy atom. The van der Waals surface area contributed by atoms with E-state index in [0.717, 1.165) is 38.9 Å². The maximum absolute atomic E-state index is 10.6. The van der Waals surface area contributed by atoms with Crippen LogP contribution in [-0.4, -0.2) is 49.2 Å². The number of rotatable bonds is 5. The molecular formula is C12H24N2O2. The van der Waals surface area contributed by atoms with Gasteiger partial charge in [0.05, 0.1) is 12.7 Å². The van der Waals surface area contributed by atoms with Crippen molar-refractivity contribution in [1.82, 2.24) is 10.2 Å². The van der Waals surface area contributed by atoms with Crippen LogP contribution in [0.4, 0.5) is 0 Å². The van der Waals surface area contributed by atoms with E-state index < -0.39 is 0 Å². The van der Waals surface area contributed by atoms with Gasteiger partial charge in [-0.15, -0.1) is 0 Å². The van der Waals surface area contributed by atoms with Crippen LogP contribution >= 0.6 is 0 Å². The molecule has 1 fully saturated rings. The van der Waals surface area contributed by atoms with Crippen molar-refractivity contribution in [3.8, 4) is 0 Å². The third kappa shape index (κ3) is 5.47. The van der Waals surface area contributed by atoms with Crippen LogP contribution in [0.15, 0.2) is 0 Å². The van der Waals surface area contributed by atoms with E-state index in [1.54, 1.807) is 4.90 Å². The smallest absolute Gasteiger partial charge is 0.209 e. The first kappa shape index (κ1) is 13.5. The molecule has 1 aliphatic rings. The molecule has 0 saturated carbocycles. The summed E-state index contributed by atoms with van der Waals surface area (Å²) in [5.41, 5.74) is 0.183. The lowest BCUT2D eigenvalue weighted by Gasteiger charge is -2.30. The van der Waals surface area contributed by atoms with Gasteiger partial charge in [0.2, 0.25) is 6.41 Å². The maximum atomic E-state index is 10.6. The molecule has 1 atom stereocenters. The Hall–Kier alpha value is -0.610. The SMILES string of the molecule is CC(C)(C)NCCC[C@H]1CN(C=O)CCO1. The average Bonchev–Trinajstić information content (AvgIpc) is 2.23. The van der Waals surface area contributed by atoms with E-state index in [4.69, 9.17) is 4.74 Å². The van der Waals surface area contributed by atoms with Crippen LogP contribution in [0.25, 0.3) is 0 Å². The topological polar surface area (TPSA) is 41.6 Å². The largest absolute Gasteiger partial charge is 0.375 e. The predicted octanol–water partition coefficient (Wildman–Crippen LogP) is 1.01. The molecule has 16 heavy (non-hydrogen) atoms. The van der Waals surface area contributed by atoms with Gasteiger partial charge in [-0.25, -0.2) is 0 Å². The second-order valence-electron chi connectivity index (χ2n) is 5.41. The van der Waals surface area contributed by atoms with Gasteiger partial charge in [0.1, 0.15) is 0 Å². The highest BCUT2D eigenvalue weighted by Gasteiger charge is 2.18. The minimum atomic E-state index is 0.183. The minimum Gasteiger partial charge on any atom is -0.375 e. The zero-order valence-electron chi connectivity index (χ0n) is 10.7. The first-order chi connectivity index (χ1) is 7.51. The first-order valence-electron chi connectivity index (χ1n) is 6.07. The Labute approximate surface area is 98.3 Å². The Balaban J connectivity index is 2.10. The molecule has 1 aliphatic heterocycles. The molecule has 0 aliphatic carbocycles. The molecule has 0 aromatic carbocycles. The van der Waals surface area contributed by atoms with Gasteiger partial charge in [-0.3, -0.25) is 4.79 Å². The van der Waals surface area contributed by atoms with Crippen LogP contribution in [0.1, 0.15) is 33.6 Å². The predicted molar refractivity (Wildman–Crippen MR) is 64.4 cm³/mol. The third-order valence-electron chi connectivity index (χ3n) is 2.68. The standard InChI is InChI=1S/C12H24N2O2/c1-12(2,3)13-6-4-5-11-9-14(10-15)7-8-16-11/h10-11,13H,4-9H2,1-3H3/t11-/m0/s1. The molecule has 1 saturated heterocycles. The number of hydrogen-bond acceptors (Lipinski definition) is 3. The summed E-state index contributed by atoms with van der Waals surface area (Å²) in [4.78, 5) is 12.4. The van der Waals surface area contributed by atoms with Crippen molar-refractivity contribution < 1.29 is 9.53 Å². The van der Waals surface area contributed by atoms with Gasteiger partial charge in [0.25, 0.3) is 0 Å². The molecule has 0 aromatic heterocycles. The number of hydrogen-bond donors (Lipinski definition) is 1. The number of carbonyl (C=O) groups is 1. The van der Waals surface area contributed by atoms with Crippen LogP contribution < -0.4 is 5.32 Å². The molecule has 4 heteroatoms. The lowest BCUT2D eigenvalue weighted by molar-refractivity contribution is -0.125. The van der Waals surface area contributed by atoms with Gasteiger partial charge in [0, 0.05) is 18.6 Å². The van der Waals surface area contributed by atoms with E-state index in [1.165, 1.54) is 0 Å². The van der Waals surface area contributed by atoms with E-state index in [2.05, 4.69) is 26.1 Å². The van der Waals surface area contributed by atoms with Crippen LogP contribution in [0, 0.1) is 0 Å². The van der Waals surface area contributed by atoms with Crippen LogP contribution in [-0.2, 0) is 9.53 Å². The van der Waals surface area contributed by atoms with Crippen molar-refractivity contribution in [2.75, 3.05) is 26.2 Å².